The molecule has 19 heavy (non-hydrogen) atoms. The molecule has 0 fully saturated rings. The Morgan fingerprint density at radius 1 is 1.26 bits per heavy atom. The second-order valence-electron chi connectivity index (χ2n) is 4.53. The molecule has 96 valence electrons. The number of carbonyl (C=O) groups is 1. The van der Waals surface area contributed by atoms with Gasteiger partial charge in [-0.25, -0.2) is 0 Å². The van der Waals surface area contributed by atoms with Crippen LogP contribution in [-0.4, -0.2) is 10.7 Å². The topological polar surface area (TPSA) is 73.3 Å². The number of fused-ring (bicyclic) bond motifs is 1. The zero-order valence-corrected chi connectivity index (χ0v) is 10.1. The van der Waals surface area contributed by atoms with E-state index in [4.69, 9.17) is 4.42 Å². The van der Waals surface area contributed by atoms with E-state index in [0.29, 0.717) is 28.9 Å². The monoisotopic (exact) mass is 257 g/mol. The van der Waals surface area contributed by atoms with E-state index in [1.807, 2.05) is 0 Å². The molecule has 3 rings (SSSR count). The van der Waals surface area contributed by atoms with Crippen molar-refractivity contribution < 1.29 is 14.1 Å². The molecule has 0 radical (unpaired) electrons. The molecule has 1 aromatic heterocycles. The van der Waals surface area contributed by atoms with Crippen molar-refractivity contribution in [3.63, 3.8) is 0 Å². The van der Waals surface area contributed by atoms with Crippen LogP contribution in [0, 0.1) is 10.1 Å². The maximum atomic E-state index is 12.0. The van der Waals surface area contributed by atoms with Crippen molar-refractivity contribution in [1.29, 1.82) is 0 Å². The summed E-state index contributed by atoms with van der Waals surface area (Å²) in [4.78, 5) is 22.3. The molecule has 1 aliphatic rings. The van der Waals surface area contributed by atoms with Crippen LogP contribution < -0.4 is 0 Å². The number of hydrogen-bond donors (Lipinski definition) is 0. The average molecular weight is 257 g/mol. The summed E-state index contributed by atoms with van der Waals surface area (Å²) >= 11 is 0. The fraction of sp³-hybridized carbons (Fsp3) is 0.214. The van der Waals surface area contributed by atoms with Crippen molar-refractivity contribution in [2.45, 2.75) is 19.3 Å². The number of aryl methyl sites for hydroxylation is 1. The number of nitrogens with zero attached hydrogens (tertiary/aromatic N) is 1. The number of furan rings is 1. The van der Waals surface area contributed by atoms with E-state index in [-0.39, 0.29) is 11.5 Å². The molecule has 0 unspecified atom stereocenters. The molecule has 0 atom stereocenters. The van der Waals surface area contributed by atoms with E-state index in [0.717, 1.165) is 12.8 Å². The van der Waals surface area contributed by atoms with Crippen LogP contribution in [0.4, 0.5) is 5.69 Å². The van der Waals surface area contributed by atoms with Crippen molar-refractivity contribution in [2.24, 2.45) is 0 Å². The quantitative estimate of drug-likeness (QED) is 0.610. The van der Waals surface area contributed by atoms with Gasteiger partial charge in [-0.15, -0.1) is 0 Å². The summed E-state index contributed by atoms with van der Waals surface area (Å²) in [6.45, 7) is 0. The Balaban J connectivity index is 2.13. The lowest BCUT2D eigenvalue weighted by Crippen LogP contribution is -2.09. The lowest BCUT2D eigenvalue weighted by Gasteiger charge is -2.10. The summed E-state index contributed by atoms with van der Waals surface area (Å²) < 4.78 is 5.42. The molecule has 0 aliphatic heterocycles. The second kappa shape index (κ2) is 4.35. The molecule has 2 aromatic rings. The number of Topliss-reactive ketones (excluding diaryl/α,β-unsaturated/α-hetero) is 1. The lowest BCUT2D eigenvalue weighted by molar-refractivity contribution is -0.384. The van der Waals surface area contributed by atoms with Gasteiger partial charge >= 0.3 is 0 Å². The van der Waals surface area contributed by atoms with E-state index < -0.39 is 4.92 Å². The van der Waals surface area contributed by atoms with Crippen LogP contribution in [0.1, 0.15) is 29.0 Å². The van der Waals surface area contributed by atoms with Crippen LogP contribution in [-0.2, 0) is 6.42 Å². The largest absolute Gasteiger partial charge is 0.468 e. The smallest absolute Gasteiger partial charge is 0.270 e. The molecule has 0 spiro atoms. The molecule has 0 bridgehead atoms. The van der Waals surface area contributed by atoms with Gasteiger partial charge in [0, 0.05) is 30.5 Å². The number of nitro groups is 1. The number of non-ortho nitro benzene ring substituents is 1. The Hall–Kier alpha value is -2.43. The Kier molecular flexibility index (Phi) is 2.67. The highest BCUT2D eigenvalue weighted by molar-refractivity contribution is 6.04. The molecule has 0 saturated heterocycles. The van der Waals surface area contributed by atoms with Gasteiger partial charge < -0.3 is 4.42 Å². The average Bonchev–Trinajstić information content (AvgIpc) is 2.84. The van der Waals surface area contributed by atoms with Gasteiger partial charge in [0.1, 0.15) is 5.76 Å². The second-order valence-corrected chi connectivity index (χ2v) is 4.53. The number of ketones is 1. The first-order chi connectivity index (χ1) is 9.16. The first-order valence-corrected chi connectivity index (χ1v) is 6.05. The summed E-state index contributed by atoms with van der Waals surface area (Å²) in [5, 5.41) is 10.8. The first kappa shape index (κ1) is 11.6. The van der Waals surface area contributed by atoms with Crippen molar-refractivity contribution in [1.82, 2.24) is 0 Å². The zero-order chi connectivity index (χ0) is 13.4. The molecule has 5 nitrogen and oxygen atoms in total. The molecule has 1 aliphatic carbocycles. The Morgan fingerprint density at radius 2 is 2.11 bits per heavy atom. The third kappa shape index (κ3) is 1.93. The first-order valence-electron chi connectivity index (χ1n) is 6.05. The third-order valence-electron chi connectivity index (χ3n) is 3.32. The molecule has 0 N–H and O–H groups in total. The third-order valence-corrected chi connectivity index (χ3v) is 3.32. The fourth-order valence-corrected chi connectivity index (χ4v) is 2.42. The molecular formula is C14H11NO4. The summed E-state index contributed by atoms with van der Waals surface area (Å²) in [5.41, 5.74) is 1.90. The van der Waals surface area contributed by atoms with Crippen LogP contribution in [0.2, 0.25) is 0 Å². The molecule has 5 heteroatoms. The Labute approximate surface area is 109 Å². The number of rotatable bonds is 2. The van der Waals surface area contributed by atoms with E-state index >= 15 is 0 Å². The summed E-state index contributed by atoms with van der Waals surface area (Å²) in [7, 11) is 0. The molecule has 1 aromatic carbocycles. The maximum Gasteiger partial charge on any atom is 0.270 e. The molecule has 1 heterocycles. The normalized spacial score (nSPS) is 14.2. The van der Waals surface area contributed by atoms with E-state index in [1.54, 1.807) is 12.1 Å². The van der Waals surface area contributed by atoms with Gasteiger partial charge in [-0.2, -0.15) is 0 Å². The minimum Gasteiger partial charge on any atom is -0.468 e. The highest BCUT2D eigenvalue weighted by atomic mass is 16.6. The SMILES string of the molecule is O=C1CCCc2occ(-c3cccc([N+](=O)[O-])c3)c21. The van der Waals surface area contributed by atoms with E-state index in [2.05, 4.69) is 0 Å². The van der Waals surface area contributed by atoms with Crippen LogP contribution in [0.3, 0.4) is 0 Å². The van der Waals surface area contributed by atoms with Crippen molar-refractivity contribution in [3.8, 4) is 11.1 Å². The summed E-state index contributed by atoms with van der Waals surface area (Å²) in [6.07, 6.45) is 3.57. The minimum absolute atomic E-state index is 0.00992. The lowest BCUT2D eigenvalue weighted by atomic mass is 9.91. The van der Waals surface area contributed by atoms with Crippen LogP contribution in [0.15, 0.2) is 34.9 Å². The number of carbonyl (C=O) groups excluding carboxylic acids is 1. The molecular weight excluding hydrogens is 246 g/mol. The minimum atomic E-state index is -0.447. The summed E-state index contributed by atoms with van der Waals surface area (Å²) in [5.74, 6) is 0.745. The number of benzene rings is 1. The van der Waals surface area contributed by atoms with Gasteiger partial charge in [-0.05, 0) is 12.0 Å². The van der Waals surface area contributed by atoms with Crippen molar-refractivity contribution >= 4 is 11.5 Å². The van der Waals surface area contributed by atoms with Gasteiger partial charge in [0.05, 0.1) is 16.7 Å². The highest BCUT2D eigenvalue weighted by Gasteiger charge is 2.25. The predicted molar refractivity (Wildman–Crippen MR) is 68.1 cm³/mol. The predicted octanol–water partition coefficient (Wildman–Crippen LogP) is 3.37. The summed E-state index contributed by atoms with van der Waals surface area (Å²) in [6, 6.07) is 6.26. The fourth-order valence-electron chi connectivity index (χ4n) is 2.42. The molecule has 0 amide bonds. The number of hydrogen-bond acceptors (Lipinski definition) is 4. The maximum absolute atomic E-state index is 12.0. The van der Waals surface area contributed by atoms with Crippen LogP contribution in [0.25, 0.3) is 11.1 Å². The van der Waals surface area contributed by atoms with Gasteiger partial charge in [0.25, 0.3) is 5.69 Å². The van der Waals surface area contributed by atoms with E-state index in [9.17, 15) is 14.9 Å². The number of nitro benzene ring substituents is 1. The Morgan fingerprint density at radius 3 is 2.89 bits per heavy atom. The molecule has 0 saturated carbocycles. The van der Waals surface area contributed by atoms with Gasteiger partial charge in [-0.1, -0.05) is 12.1 Å². The highest BCUT2D eigenvalue weighted by Crippen LogP contribution is 2.34. The van der Waals surface area contributed by atoms with E-state index in [1.165, 1.54) is 18.4 Å². The van der Waals surface area contributed by atoms with Gasteiger partial charge in [0.2, 0.25) is 0 Å². The van der Waals surface area contributed by atoms with Crippen LogP contribution in [0.5, 0.6) is 0 Å². The van der Waals surface area contributed by atoms with Crippen molar-refractivity contribution in [2.75, 3.05) is 0 Å². The van der Waals surface area contributed by atoms with Crippen molar-refractivity contribution in [3.05, 3.63) is 52.0 Å². The Bertz CT molecular complexity index is 672. The van der Waals surface area contributed by atoms with Crippen LogP contribution >= 0.6 is 0 Å². The van der Waals surface area contributed by atoms with Gasteiger partial charge in [-0.3, -0.25) is 14.9 Å². The standard InChI is InChI=1S/C14H11NO4/c16-12-5-2-6-13-14(12)11(8-19-13)9-3-1-4-10(7-9)15(17)18/h1,3-4,7-8H,2,5-6H2. The van der Waals surface area contributed by atoms with Gasteiger partial charge in [0.15, 0.2) is 5.78 Å². The zero-order valence-electron chi connectivity index (χ0n) is 10.1.